The van der Waals surface area contributed by atoms with E-state index >= 15 is 0 Å². The molecule has 1 aromatic carbocycles. The molecule has 0 saturated carbocycles. The van der Waals surface area contributed by atoms with Crippen molar-refractivity contribution in [2.75, 3.05) is 13.1 Å². The second-order valence-electron chi connectivity index (χ2n) is 5.48. The third-order valence-corrected chi connectivity index (χ3v) is 4.60. The Kier molecular flexibility index (Phi) is 3.82. The van der Waals surface area contributed by atoms with E-state index in [0.29, 0.717) is 13.1 Å². The maximum atomic E-state index is 12.5. The molecule has 1 aliphatic heterocycles. The normalized spacial score (nSPS) is 22.7. The average Bonchev–Trinajstić information content (AvgIpc) is 2.74. The van der Waals surface area contributed by atoms with Crippen LogP contribution >= 0.6 is 11.3 Å². The highest BCUT2D eigenvalue weighted by Gasteiger charge is 2.26. The van der Waals surface area contributed by atoms with Crippen LogP contribution in [-0.4, -0.2) is 40.7 Å². The molecule has 1 aliphatic rings. The van der Waals surface area contributed by atoms with Gasteiger partial charge in [0.1, 0.15) is 6.54 Å². The van der Waals surface area contributed by atoms with Gasteiger partial charge in [-0.05, 0) is 26.0 Å². The summed E-state index contributed by atoms with van der Waals surface area (Å²) in [5, 5.41) is 0. The zero-order chi connectivity index (χ0) is 15.0. The Bertz CT molecular complexity index is 711. The lowest BCUT2D eigenvalue weighted by Crippen LogP contribution is -2.49. The van der Waals surface area contributed by atoms with Crippen molar-refractivity contribution in [3.63, 3.8) is 0 Å². The molecule has 6 heteroatoms. The number of hydrogen-bond acceptors (Lipinski definition) is 4. The molecule has 0 radical (unpaired) electrons. The first-order chi connectivity index (χ1) is 10.0. The number of rotatable bonds is 2. The molecule has 1 amide bonds. The molecule has 21 heavy (non-hydrogen) atoms. The van der Waals surface area contributed by atoms with Gasteiger partial charge in [-0.25, -0.2) is 0 Å². The van der Waals surface area contributed by atoms with Crippen LogP contribution in [0.5, 0.6) is 0 Å². The van der Waals surface area contributed by atoms with Crippen molar-refractivity contribution in [3.05, 3.63) is 33.9 Å². The number of benzene rings is 1. The lowest BCUT2D eigenvalue weighted by atomic mass is 10.2. The SMILES string of the molecule is CC1CN(C(=O)Cn2c(=O)sc3ccccc32)CC(C)O1. The van der Waals surface area contributed by atoms with Crippen LogP contribution in [0, 0.1) is 0 Å². The molecule has 3 rings (SSSR count). The van der Waals surface area contributed by atoms with Gasteiger partial charge in [-0.2, -0.15) is 0 Å². The molecule has 2 aromatic rings. The zero-order valence-electron chi connectivity index (χ0n) is 12.1. The van der Waals surface area contributed by atoms with Crippen molar-refractivity contribution >= 4 is 27.5 Å². The van der Waals surface area contributed by atoms with E-state index in [4.69, 9.17) is 4.74 Å². The van der Waals surface area contributed by atoms with Gasteiger partial charge in [-0.3, -0.25) is 14.2 Å². The van der Waals surface area contributed by atoms with Gasteiger partial charge >= 0.3 is 4.87 Å². The van der Waals surface area contributed by atoms with Gasteiger partial charge in [-0.1, -0.05) is 23.5 Å². The van der Waals surface area contributed by atoms with E-state index in [1.807, 2.05) is 38.1 Å². The van der Waals surface area contributed by atoms with Crippen molar-refractivity contribution < 1.29 is 9.53 Å². The van der Waals surface area contributed by atoms with Crippen LogP contribution < -0.4 is 4.87 Å². The minimum absolute atomic E-state index is 0.0253. The number of fused-ring (bicyclic) bond motifs is 1. The number of amides is 1. The van der Waals surface area contributed by atoms with E-state index in [9.17, 15) is 9.59 Å². The molecule has 1 aromatic heterocycles. The lowest BCUT2D eigenvalue weighted by Gasteiger charge is -2.35. The van der Waals surface area contributed by atoms with Gasteiger partial charge in [-0.15, -0.1) is 0 Å². The minimum Gasteiger partial charge on any atom is -0.372 e. The van der Waals surface area contributed by atoms with Gasteiger partial charge in [0.2, 0.25) is 5.91 Å². The zero-order valence-corrected chi connectivity index (χ0v) is 12.9. The second kappa shape index (κ2) is 5.61. The largest absolute Gasteiger partial charge is 0.372 e. The molecule has 0 N–H and O–H groups in total. The lowest BCUT2D eigenvalue weighted by molar-refractivity contribution is -0.143. The highest BCUT2D eigenvalue weighted by Crippen LogP contribution is 2.17. The number of carbonyl (C=O) groups excluding carboxylic acids is 1. The molecule has 0 spiro atoms. The van der Waals surface area contributed by atoms with E-state index in [1.165, 1.54) is 11.3 Å². The third kappa shape index (κ3) is 2.87. The topological polar surface area (TPSA) is 51.5 Å². The fraction of sp³-hybridized carbons (Fsp3) is 0.467. The van der Waals surface area contributed by atoms with Crippen molar-refractivity contribution in [2.45, 2.75) is 32.6 Å². The number of hydrogen-bond donors (Lipinski definition) is 0. The van der Waals surface area contributed by atoms with Crippen LogP contribution in [0.15, 0.2) is 29.1 Å². The van der Waals surface area contributed by atoms with E-state index in [2.05, 4.69) is 0 Å². The monoisotopic (exact) mass is 306 g/mol. The standard InChI is InChI=1S/C15H18N2O3S/c1-10-7-16(8-11(2)20-10)14(18)9-17-12-5-3-4-6-13(12)21-15(17)19/h3-6,10-11H,7-9H2,1-2H3. The summed E-state index contributed by atoms with van der Waals surface area (Å²) < 4.78 is 8.11. The molecular weight excluding hydrogens is 288 g/mol. The van der Waals surface area contributed by atoms with E-state index < -0.39 is 0 Å². The summed E-state index contributed by atoms with van der Waals surface area (Å²) >= 11 is 1.18. The Morgan fingerprint density at radius 3 is 2.67 bits per heavy atom. The summed E-state index contributed by atoms with van der Waals surface area (Å²) in [6.07, 6.45) is 0.0716. The van der Waals surface area contributed by atoms with Gasteiger partial charge in [0.15, 0.2) is 0 Å². The first kappa shape index (κ1) is 14.3. The number of aromatic nitrogens is 1. The molecule has 0 bridgehead atoms. The van der Waals surface area contributed by atoms with Crippen LogP contribution in [0.3, 0.4) is 0 Å². The summed E-state index contributed by atoms with van der Waals surface area (Å²) in [6, 6.07) is 7.57. The second-order valence-corrected chi connectivity index (χ2v) is 6.47. The van der Waals surface area contributed by atoms with Gasteiger partial charge in [0, 0.05) is 13.1 Å². The molecule has 5 nitrogen and oxygen atoms in total. The summed E-state index contributed by atoms with van der Waals surface area (Å²) in [6.45, 7) is 5.19. The summed E-state index contributed by atoms with van der Waals surface area (Å²) in [4.78, 5) is 26.2. The van der Waals surface area contributed by atoms with Gasteiger partial charge in [0.25, 0.3) is 0 Å². The molecule has 1 saturated heterocycles. The molecule has 2 heterocycles. The number of para-hydroxylation sites is 1. The molecular formula is C15H18N2O3S. The van der Waals surface area contributed by atoms with Crippen LogP contribution in [0.4, 0.5) is 0 Å². The Labute approximate surface area is 126 Å². The van der Waals surface area contributed by atoms with Crippen molar-refractivity contribution in [1.82, 2.24) is 9.47 Å². The number of thiazole rings is 1. The van der Waals surface area contributed by atoms with Crippen LogP contribution in [-0.2, 0) is 16.1 Å². The average molecular weight is 306 g/mol. The molecule has 2 atom stereocenters. The number of nitrogens with zero attached hydrogens (tertiary/aromatic N) is 2. The Morgan fingerprint density at radius 2 is 1.95 bits per heavy atom. The van der Waals surface area contributed by atoms with Crippen LogP contribution in [0.25, 0.3) is 10.2 Å². The Morgan fingerprint density at radius 1 is 1.29 bits per heavy atom. The number of ether oxygens (including phenoxy) is 1. The van der Waals surface area contributed by atoms with Gasteiger partial charge in [0.05, 0.1) is 22.4 Å². The predicted molar refractivity (Wildman–Crippen MR) is 82.7 cm³/mol. The van der Waals surface area contributed by atoms with E-state index in [0.717, 1.165) is 10.2 Å². The van der Waals surface area contributed by atoms with Gasteiger partial charge < -0.3 is 9.64 Å². The molecule has 112 valence electrons. The summed E-state index contributed by atoms with van der Waals surface area (Å²) in [5.74, 6) is -0.0253. The minimum atomic E-state index is -0.0843. The molecule has 0 aliphatic carbocycles. The number of morpholine rings is 1. The molecule has 1 fully saturated rings. The highest BCUT2D eigenvalue weighted by atomic mass is 32.1. The third-order valence-electron chi connectivity index (χ3n) is 3.64. The van der Waals surface area contributed by atoms with Crippen molar-refractivity contribution in [2.24, 2.45) is 0 Å². The fourth-order valence-electron chi connectivity index (χ4n) is 2.78. The Balaban J connectivity index is 1.83. The quantitative estimate of drug-likeness (QED) is 0.848. The smallest absolute Gasteiger partial charge is 0.308 e. The summed E-state index contributed by atoms with van der Waals surface area (Å²) in [7, 11) is 0. The maximum Gasteiger partial charge on any atom is 0.308 e. The maximum absolute atomic E-state index is 12.5. The van der Waals surface area contributed by atoms with Crippen LogP contribution in [0.1, 0.15) is 13.8 Å². The number of carbonyl (C=O) groups is 1. The highest BCUT2D eigenvalue weighted by molar-refractivity contribution is 7.16. The van der Waals surface area contributed by atoms with Crippen molar-refractivity contribution in [3.8, 4) is 0 Å². The Hall–Kier alpha value is -1.66. The van der Waals surface area contributed by atoms with Crippen molar-refractivity contribution in [1.29, 1.82) is 0 Å². The first-order valence-electron chi connectivity index (χ1n) is 7.06. The molecule has 2 unspecified atom stereocenters. The summed E-state index contributed by atoms with van der Waals surface area (Å²) in [5.41, 5.74) is 0.829. The van der Waals surface area contributed by atoms with E-state index in [1.54, 1.807) is 9.47 Å². The first-order valence-corrected chi connectivity index (χ1v) is 7.88. The fourth-order valence-corrected chi connectivity index (χ4v) is 3.67. The van der Waals surface area contributed by atoms with E-state index in [-0.39, 0.29) is 29.5 Å². The predicted octanol–water partition coefficient (Wildman–Crippen LogP) is 1.70. The van der Waals surface area contributed by atoms with Crippen LogP contribution in [0.2, 0.25) is 0 Å².